The molecule has 0 aliphatic heterocycles. The summed E-state index contributed by atoms with van der Waals surface area (Å²) in [5.41, 5.74) is 0.949. The van der Waals surface area contributed by atoms with Crippen molar-refractivity contribution in [3.63, 3.8) is 0 Å². The number of nitrogens with one attached hydrogen (secondary N) is 1. The highest BCUT2D eigenvalue weighted by Gasteiger charge is 2.40. The smallest absolute Gasteiger partial charge is 0.225 e. The number of hydrogen-bond donors (Lipinski definition) is 1. The second kappa shape index (κ2) is 6.24. The monoisotopic (exact) mass is 292 g/mol. The summed E-state index contributed by atoms with van der Waals surface area (Å²) >= 11 is 0. The average molecular weight is 292 g/mol. The normalized spacial score (nSPS) is 24.7. The SMILES string of the molecule is CC(=O)N[C@@H]1C[C@H](C(=O)N(C)C)[C@@H](c2ccc(F)cc2)C1. The first kappa shape index (κ1) is 15.5. The van der Waals surface area contributed by atoms with Crippen LogP contribution in [-0.2, 0) is 9.59 Å². The van der Waals surface area contributed by atoms with Crippen molar-refractivity contribution in [1.82, 2.24) is 10.2 Å². The molecule has 0 aromatic heterocycles. The van der Waals surface area contributed by atoms with Crippen LogP contribution in [0.4, 0.5) is 4.39 Å². The van der Waals surface area contributed by atoms with Crippen molar-refractivity contribution < 1.29 is 14.0 Å². The van der Waals surface area contributed by atoms with Gasteiger partial charge in [-0.05, 0) is 36.5 Å². The molecule has 0 bridgehead atoms. The van der Waals surface area contributed by atoms with Crippen LogP contribution in [0.25, 0.3) is 0 Å². The summed E-state index contributed by atoms with van der Waals surface area (Å²) in [5, 5.41) is 2.89. The molecule has 1 saturated carbocycles. The van der Waals surface area contributed by atoms with Gasteiger partial charge in [-0.25, -0.2) is 4.39 Å². The largest absolute Gasteiger partial charge is 0.354 e. The molecule has 0 spiro atoms. The predicted octanol–water partition coefficient (Wildman–Crippen LogP) is 1.91. The molecular formula is C16H21FN2O2. The zero-order chi connectivity index (χ0) is 15.6. The van der Waals surface area contributed by atoms with Gasteiger partial charge in [0.1, 0.15) is 5.82 Å². The van der Waals surface area contributed by atoms with E-state index in [1.54, 1.807) is 31.1 Å². The molecule has 0 heterocycles. The van der Waals surface area contributed by atoms with Crippen molar-refractivity contribution in [2.45, 2.75) is 31.7 Å². The Kier molecular flexibility index (Phi) is 4.60. The van der Waals surface area contributed by atoms with Gasteiger partial charge in [0.25, 0.3) is 0 Å². The van der Waals surface area contributed by atoms with E-state index in [0.29, 0.717) is 12.8 Å². The Bertz CT molecular complexity index is 528. The van der Waals surface area contributed by atoms with Gasteiger partial charge in [-0.15, -0.1) is 0 Å². The summed E-state index contributed by atoms with van der Waals surface area (Å²) in [6.07, 6.45) is 1.33. The predicted molar refractivity (Wildman–Crippen MR) is 78.2 cm³/mol. The zero-order valence-electron chi connectivity index (χ0n) is 12.6. The van der Waals surface area contributed by atoms with E-state index in [9.17, 15) is 14.0 Å². The molecule has 1 aromatic rings. The molecule has 1 fully saturated rings. The first-order valence-corrected chi connectivity index (χ1v) is 7.12. The lowest BCUT2D eigenvalue weighted by atomic mass is 9.88. The van der Waals surface area contributed by atoms with E-state index in [4.69, 9.17) is 0 Å². The Morgan fingerprint density at radius 2 is 1.81 bits per heavy atom. The number of carbonyl (C=O) groups excluding carboxylic acids is 2. The fourth-order valence-corrected chi connectivity index (χ4v) is 3.13. The quantitative estimate of drug-likeness (QED) is 0.925. The third-order valence-electron chi connectivity index (χ3n) is 4.03. The summed E-state index contributed by atoms with van der Waals surface area (Å²) in [5.74, 6) is -0.488. The molecular weight excluding hydrogens is 271 g/mol. The van der Waals surface area contributed by atoms with Crippen LogP contribution in [-0.4, -0.2) is 36.9 Å². The highest BCUT2D eigenvalue weighted by atomic mass is 19.1. The molecule has 0 unspecified atom stereocenters. The van der Waals surface area contributed by atoms with Crippen LogP contribution >= 0.6 is 0 Å². The molecule has 0 radical (unpaired) electrons. The fourth-order valence-electron chi connectivity index (χ4n) is 3.13. The molecule has 3 atom stereocenters. The Morgan fingerprint density at radius 1 is 1.19 bits per heavy atom. The van der Waals surface area contributed by atoms with Crippen molar-refractivity contribution in [1.29, 1.82) is 0 Å². The zero-order valence-corrected chi connectivity index (χ0v) is 12.6. The van der Waals surface area contributed by atoms with E-state index in [2.05, 4.69) is 5.32 Å². The van der Waals surface area contributed by atoms with Crippen LogP contribution in [0.5, 0.6) is 0 Å². The Labute approximate surface area is 124 Å². The molecule has 21 heavy (non-hydrogen) atoms. The summed E-state index contributed by atoms with van der Waals surface area (Å²) < 4.78 is 13.1. The first-order chi connectivity index (χ1) is 9.88. The lowest BCUT2D eigenvalue weighted by molar-refractivity contribution is -0.133. The van der Waals surface area contributed by atoms with E-state index in [0.717, 1.165) is 5.56 Å². The number of benzene rings is 1. The molecule has 0 saturated heterocycles. The first-order valence-electron chi connectivity index (χ1n) is 7.12. The van der Waals surface area contributed by atoms with E-state index in [-0.39, 0.29) is 35.5 Å². The highest BCUT2D eigenvalue weighted by molar-refractivity contribution is 5.80. The van der Waals surface area contributed by atoms with Crippen molar-refractivity contribution in [2.75, 3.05) is 14.1 Å². The second-order valence-corrected chi connectivity index (χ2v) is 5.87. The molecule has 1 aliphatic carbocycles. The van der Waals surface area contributed by atoms with Gasteiger partial charge >= 0.3 is 0 Å². The number of rotatable bonds is 3. The number of carbonyl (C=O) groups is 2. The minimum atomic E-state index is -0.286. The lowest BCUT2D eigenvalue weighted by Crippen LogP contribution is -2.33. The number of amides is 2. The van der Waals surface area contributed by atoms with Gasteiger partial charge in [-0.3, -0.25) is 9.59 Å². The summed E-state index contributed by atoms with van der Waals surface area (Å²) in [4.78, 5) is 25.2. The van der Waals surface area contributed by atoms with E-state index >= 15 is 0 Å². The molecule has 2 amide bonds. The minimum absolute atomic E-state index is 0.00791. The lowest BCUT2D eigenvalue weighted by Gasteiger charge is -2.22. The van der Waals surface area contributed by atoms with Crippen molar-refractivity contribution >= 4 is 11.8 Å². The number of halogens is 1. The van der Waals surface area contributed by atoms with Gasteiger partial charge in [0.2, 0.25) is 11.8 Å². The van der Waals surface area contributed by atoms with Crippen molar-refractivity contribution in [2.24, 2.45) is 5.92 Å². The van der Waals surface area contributed by atoms with Crippen LogP contribution in [0.3, 0.4) is 0 Å². The molecule has 4 nitrogen and oxygen atoms in total. The van der Waals surface area contributed by atoms with E-state index in [1.165, 1.54) is 19.1 Å². The highest BCUT2D eigenvalue weighted by Crippen LogP contribution is 2.40. The molecule has 5 heteroatoms. The standard InChI is InChI=1S/C16H21FN2O2/c1-10(20)18-13-8-14(11-4-6-12(17)7-5-11)15(9-13)16(21)19(2)3/h4-7,13-15H,8-9H2,1-3H3,(H,18,20)/t13-,14+,15-/m0/s1. The molecule has 114 valence electrons. The molecule has 1 aromatic carbocycles. The van der Waals surface area contributed by atoms with Crippen LogP contribution in [0.15, 0.2) is 24.3 Å². The summed E-state index contributed by atoms with van der Waals surface area (Å²) in [6, 6.07) is 6.28. The van der Waals surface area contributed by atoms with E-state index < -0.39 is 0 Å². The number of nitrogens with zero attached hydrogens (tertiary/aromatic N) is 1. The Hall–Kier alpha value is -1.91. The van der Waals surface area contributed by atoms with Crippen LogP contribution in [0.1, 0.15) is 31.2 Å². The van der Waals surface area contributed by atoms with Gasteiger partial charge in [0, 0.05) is 33.0 Å². The third kappa shape index (κ3) is 3.60. The second-order valence-electron chi connectivity index (χ2n) is 5.87. The van der Waals surface area contributed by atoms with Gasteiger partial charge in [-0.1, -0.05) is 12.1 Å². The van der Waals surface area contributed by atoms with Gasteiger partial charge in [0.15, 0.2) is 0 Å². The van der Waals surface area contributed by atoms with Crippen LogP contribution in [0.2, 0.25) is 0 Å². The van der Waals surface area contributed by atoms with Gasteiger partial charge < -0.3 is 10.2 Å². The van der Waals surface area contributed by atoms with Gasteiger partial charge in [-0.2, -0.15) is 0 Å². The van der Waals surface area contributed by atoms with Crippen LogP contribution < -0.4 is 5.32 Å². The van der Waals surface area contributed by atoms with E-state index in [1.807, 2.05) is 0 Å². The van der Waals surface area contributed by atoms with Gasteiger partial charge in [0.05, 0.1) is 0 Å². The topological polar surface area (TPSA) is 49.4 Å². The number of hydrogen-bond acceptors (Lipinski definition) is 2. The maximum absolute atomic E-state index is 13.1. The fraction of sp³-hybridized carbons (Fsp3) is 0.500. The molecule has 1 N–H and O–H groups in total. The maximum Gasteiger partial charge on any atom is 0.225 e. The minimum Gasteiger partial charge on any atom is -0.354 e. The Balaban J connectivity index is 2.24. The average Bonchev–Trinajstić information content (AvgIpc) is 2.81. The van der Waals surface area contributed by atoms with Crippen LogP contribution in [0, 0.1) is 11.7 Å². The molecule has 2 rings (SSSR count). The van der Waals surface area contributed by atoms with Crippen molar-refractivity contribution in [3.8, 4) is 0 Å². The maximum atomic E-state index is 13.1. The summed E-state index contributed by atoms with van der Waals surface area (Å²) in [7, 11) is 3.46. The third-order valence-corrected chi connectivity index (χ3v) is 4.03. The Morgan fingerprint density at radius 3 is 2.33 bits per heavy atom. The molecule has 1 aliphatic rings. The summed E-state index contributed by atoms with van der Waals surface area (Å²) in [6.45, 7) is 1.48. The van der Waals surface area contributed by atoms with Crippen molar-refractivity contribution in [3.05, 3.63) is 35.6 Å².